The van der Waals surface area contributed by atoms with Gasteiger partial charge in [0.25, 0.3) is 0 Å². The van der Waals surface area contributed by atoms with Gasteiger partial charge in [-0.1, -0.05) is 43.6 Å². The third kappa shape index (κ3) is 3.97. The van der Waals surface area contributed by atoms with Gasteiger partial charge in [-0.15, -0.1) is 0 Å². The van der Waals surface area contributed by atoms with E-state index >= 15 is 0 Å². The second-order valence-corrected chi connectivity index (χ2v) is 7.42. The smallest absolute Gasteiger partial charge is 0.0772 e. The molecule has 20 heavy (non-hydrogen) atoms. The van der Waals surface area contributed by atoms with E-state index in [1.807, 2.05) is 24.3 Å². The summed E-state index contributed by atoms with van der Waals surface area (Å²) in [7, 11) is 0. The van der Waals surface area contributed by atoms with Gasteiger partial charge in [0.05, 0.1) is 5.60 Å². The maximum atomic E-state index is 10.7. The molecular formula is C17H26ClNO. The quantitative estimate of drug-likeness (QED) is 0.867. The molecule has 112 valence electrons. The zero-order chi connectivity index (χ0) is 14.8. The zero-order valence-corrected chi connectivity index (χ0v) is 13.5. The highest BCUT2D eigenvalue weighted by atomic mass is 35.5. The second-order valence-electron chi connectivity index (χ2n) is 7.01. The summed E-state index contributed by atoms with van der Waals surface area (Å²) < 4.78 is 0. The molecule has 1 aromatic carbocycles. The van der Waals surface area contributed by atoms with E-state index in [1.165, 1.54) is 0 Å². The highest BCUT2D eigenvalue weighted by molar-refractivity contribution is 6.31. The molecule has 0 heterocycles. The van der Waals surface area contributed by atoms with Gasteiger partial charge in [0.2, 0.25) is 0 Å². The molecule has 0 amide bonds. The summed E-state index contributed by atoms with van der Waals surface area (Å²) >= 11 is 6.21. The van der Waals surface area contributed by atoms with Gasteiger partial charge in [0, 0.05) is 17.6 Å². The average Bonchev–Trinajstić information content (AvgIpc) is 2.41. The van der Waals surface area contributed by atoms with Crippen molar-refractivity contribution >= 4 is 11.6 Å². The molecule has 0 saturated heterocycles. The topological polar surface area (TPSA) is 32.3 Å². The first-order valence-corrected chi connectivity index (χ1v) is 7.89. The zero-order valence-electron chi connectivity index (χ0n) is 12.7. The molecular weight excluding hydrogens is 270 g/mol. The Morgan fingerprint density at radius 3 is 2.40 bits per heavy atom. The van der Waals surface area contributed by atoms with Crippen molar-refractivity contribution in [2.45, 2.75) is 58.1 Å². The molecule has 1 aliphatic rings. The van der Waals surface area contributed by atoms with Gasteiger partial charge in [-0.25, -0.2) is 0 Å². The third-order valence-electron chi connectivity index (χ3n) is 4.64. The maximum Gasteiger partial charge on any atom is 0.0772 e. The van der Waals surface area contributed by atoms with Crippen molar-refractivity contribution in [3.63, 3.8) is 0 Å². The number of benzene rings is 1. The van der Waals surface area contributed by atoms with E-state index in [1.54, 1.807) is 0 Å². The number of halogens is 1. The molecule has 0 radical (unpaired) electrons. The second kappa shape index (κ2) is 6.05. The monoisotopic (exact) mass is 295 g/mol. The molecule has 1 fully saturated rings. The molecule has 0 spiro atoms. The van der Waals surface area contributed by atoms with Crippen LogP contribution >= 0.6 is 11.6 Å². The molecule has 2 N–H and O–H groups in total. The molecule has 0 aliphatic heterocycles. The fourth-order valence-electron chi connectivity index (χ4n) is 2.85. The average molecular weight is 296 g/mol. The summed E-state index contributed by atoms with van der Waals surface area (Å²) in [5, 5.41) is 14.9. The Hall–Kier alpha value is -0.570. The molecule has 1 unspecified atom stereocenters. The summed E-state index contributed by atoms with van der Waals surface area (Å²) in [6.07, 6.45) is 3.93. The molecule has 1 saturated carbocycles. The summed E-state index contributed by atoms with van der Waals surface area (Å²) in [4.78, 5) is 0. The van der Waals surface area contributed by atoms with Gasteiger partial charge < -0.3 is 10.4 Å². The predicted octanol–water partition coefficient (Wildman–Crippen LogP) is 4.32. The van der Waals surface area contributed by atoms with Crippen LogP contribution in [-0.2, 0) is 0 Å². The molecule has 0 aromatic heterocycles. The molecule has 1 aromatic rings. The molecule has 1 atom stereocenters. The van der Waals surface area contributed by atoms with E-state index in [2.05, 4.69) is 26.1 Å². The molecule has 0 bridgehead atoms. The van der Waals surface area contributed by atoms with E-state index in [0.717, 1.165) is 36.3 Å². The van der Waals surface area contributed by atoms with Crippen LogP contribution in [0, 0.1) is 5.41 Å². The van der Waals surface area contributed by atoms with Crippen LogP contribution < -0.4 is 5.32 Å². The minimum absolute atomic E-state index is 0.155. The van der Waals surface area contributed by atoms with E-state index in [9.17, 15) is 5.11 Å². The van der Waals surface area contributed by atoms with Gasteiger partial charge in [0.15, 0.2) is 0 Å². The van der Waals surface area contributed by atoms with Gasteiger partial charge in [-0.05, 0) is 49.7 Å². The summed E-state index contributed by atoms with van der Waals surface area (Å²) in [5.74, 6) is 0. The summed E-state index contributed by atoms with van der Waals surface area (Å²) in [6, 6.07) is 8.04. The van der Waals surface area contributed by atoms with Crippen molar-refractivity contribution in [3.05, 3.63) is 34.9 Å². The first-order chi connectivity index (χ1) is 9.31. The predicted molar refractivity (Wildman–Crippen MR) is 85.1 cm³/mol. The molecule has 2 nitrogen and oxygen atoms in total. The first-order valence-electron chi connectivity index (χ1n) is 7.52. The number of hydrogen-bond donors (Lipinski definition) is 2. The standard InChI is InChI=1S/C17H26ClNO/c1-13(14-6-4-5-7-15(14)18)19-12-17(20)10-8-16(2,3)9-11-17/h4-7,13,19-20H,8-12H2,1-3H3. The van der Waals surface area contributed by atoms with Crippen molar-refractivity contribution < 1.29 is 5.11 Å². The van der Waals surface area contributed by atoms with Crippen LogP contribution in [0.4, 0.5) is 0 Å². The number of aliphatic hydroxyl groups is 1. The highest BCUT2D eigenvalue weighted by Crippen LogP contribution is 2.40. The number of nitrogens with one attached hydrogen (secondary N) is 1. The Morgan fingerprint density at radius 2 is 1.80 bits per heavy atom. The Balaban J connectivity index is 1.91. The van der Waals surface area contributed by atoms with Crippen LogP contribution in [0.25, 0.3) is 0 Å². The molecule has 2 rings (SSSR count). The van der Waals surface area contributed by atoms with Crippen molar-refractivity contribution in [2.75, 3.05) is 6.54 Å². The Bertz CT molecular complexity index is 448. The fraction of sp³-hybridized carbons (Fsp3) is 0.647. The minimum Gasteiger partial charge on any atom is -0.389 e. The van der Waals surface area contributed by atoms with Crippen molar-refractivity contribution in [2.24, 2.45) is 5.41 Å². The largest absolute Gasteiger partial charge is 0.389 e. The lowest BCUT2D eigenvalue weighted by Crippen LogP contribution is -2.45. The van der Waals surface area contributed by atoms with E-state index < -0.39 is 5.60 Å². The van der Waals surface area contributed by atoms with Gasteiger partial charge in [-0.3, -0.25) is 0 Å². The third-order valence-corrected chi connectivity index (χ3v) is 4.99. The Kier molecular flexibility index (Phi) is 4.78. The van der Waals surface area contributed by atoms with Gasteiger partial charge in [-0.2, -0.15) is 0 Å². The highest BCUT2D eigenvalue weighted by Gasteiger charge is 2.36. The summed E-state index contributed by atoms with van der Waals surface area (Å²) in [6.45, 7) is 7.30. The first kappa shape index (κ1) is 15.8. The van der Waals surface area contributed by atoms with Crippen LogP contribution in [-0.4, -0.2) is 17.3 Å². The van der Waals surface area contributed by atoms with Gasteiger partial charge in [0.1, 0.15) is 0 Å². The van der Waals surface area contributed by atoms with Crippen molar-refractivity contribution in [1.29, 1.82) is 0 Å². The fourth-order valence-corrected chi connectivity index (χ4v) is 3.15. The maximum absolute atomic E-state index is 10.7. The molecule has 3 heteroatoms. The normalized spacial score (nSPS) is 22.4. The minimum atomic E-state index is -0.564. The Labute approximate surface area is 127 Å². The number of hydrogen-bond acceptors (Lipinski definition) is 2. The lowest BCUT2D eigenvalue weighted by molar-refractivity contribution is -0.0258. The van der Waals surface area contributed by atoms with E-state index in [-0.39, 0.29) is 6.04 Å². The van der Waals surface area contributed by atoms with Crippen LogP contribution in [0.1, 0.15) is 58.1 Å². The van der Waals surface area contributed by atoms with Crippen LogP contribution in [0.3, 0.4) is 0 Å². The number of rotatable bonds is 4. The lowest BCUT2D eigenvalue weighted by atomic mass is 9.71. The lowest BCUT2D eigenvalue weighted by Gasteiger charge is -2.40. The van der Waals surface area contributed by atoms with Gasteiger partial charge >= 0.3 is 0 Å². The Morgan fingerprint density at radius 1 is 1.20 bits per heavy atom. The SMILES string of the molecule is CC(NCC1(O)CCC(C)(C)CC1)c1ccccc1Cl. The van der Waals surface area contributed by atoms with Crippen molar-refractivity contribution in [3.8, 4) is 0 Å². The van der Waals surface area contributed by atoms with Crippen LogP contribution in [0.5, 0.6) is 0 Å². The van der Waals surface area contributed by atoms with Crippen LogP contribution in [0.2, 0.25) is 5.02 Å². The van der Waals surface area contributed by atoms with Crippen molar-refractivity contribution in [1.82, 2.24) is 5.32 Å². The summed E-state index contributed by atoms with van der Waals surface area (Å²) in [5.41, 5.74) is 0.903. The molecule has 1 aliphatic carbocycles. The van der Waals surface area contributed by atoms with Crippen LogP contribution in [0.15, 0.2) is 24.3 Å². The van der Waals surface area contributed by atoms with E-state index in [0.29, 0.717) is 12.0 Å². The van der Waals surface area contributed by atoms with E-state index in [4.69, 9.17) is 11.6 Å².